The Balaban J connectivity index is -0.000000244. The molecule has 4 atom stereocenters. The number of rotatable bonds is 13. The zero-order valence-electron chi connectivity index (χ0n) is 21.8. The average Bonchev–Trinajstić information content (AvgIpc) is 2.72. The Hall–Kier alpha value is -1.61. The monoisotopic (exact) mass is 466 g/mol. The molecule has 3 heteroatoms. The van der Waals surface area contributed by atoms with Crippen LogP contribution in [0.5, 0.6) is 0 Å². The molecule has 0 rings (SSSR count). The van der Waals surface area contributed by atoms with Crippen molar-refractivity contribution in [1.82, 2.24) is 0 Å². The third-order valence-corrected chi connectivity index (χ3v) is 5.93. The van der Waals surface area contributed by atoms with E-state index in [0.29, 0.717) is 24.4 Å². The van der Waals surface area contributed by atoms with Crippen LogP contribution in [0.4, 0.5) is 0 Å². The molecule has 0 radical (unpaired) electrons. The predicted molar refractivity (Wildman–Crippen MR) is 149 cm³/mol. The van der Waals surface area contributed by atoms with E-state index >= 15 is 0 Å². The van der Waals surface area contributed by atoms with Crippen LogP contribution in [-0.4, -0.2) is 24.3 Å². The van der Waals surface area contributed by atoms with E-state index in [1.165, 1.54) is 18.4 Å². The smallest absolute Gasteiger partial charge is 0.330 e. The minimum absolute atomic E-state index is 0. The molecule has 1 N–H and O–H groups in total. The van der Waals surface area contributed by atoms with Crippen molar-refractivity contribution in [2.45, 2.75) is 103 Å². The first-order chi connectivity index (χ1) is 14.6. The van der Waals surface area contributed by atoms with Gasteiger partial charge in [-0.05, 0) is 57.3 Å². The molecule has 0 aliphatic heterocycles. The molecular formula is C30H58O3. The molecule has 33 heavy (non-hydrogen) atoms. The lowest BCUT2D eigenvalue weighted by molar-refractivity contribution is -0.137. The third kappa shape index (κ3) is 23.3. The summed E-state index contributed by atoms with van der Waals surface area (Å²) in [6, 6.07) is 0. The van der Waals surface area contributed by atoms with Crippen molar-refractivity contribution >= 4 is 5.97 Å². The zero-order chi connectivity index (χ0) is 24.2. The Bertz CT molecular complexity index is 569. The van der Waals surface area contributed by atoms with Crippen LogP contribution in [0.1, 0.15) is 103 Å². The van der Waals surface area contributed by atoms with Gasteiger partial charge in [0.25, 0.3) is 0 Å². The number of aliphatic hydroxyl groups is 1. The van der Waals surface area contributed by atoms with Crippen LogP contribution in [0.3, 0.4) is 0 Å². The van der Waals surface area contributed by atoms with Gasteiger partial charge in [-0.3, -0.25) is 0 Å². The Morgan fingerprint density at radius 1 is 0.818 bits per heavy atom. The Labute approximate surface area is 208 Å². The first kappa shape index (κ1) is 38.6. The lowest BCUT2D eigenvalue weighted by atomic mass is 9.93. The standard InChI is InChI=1S/C15H26O2.C13H24O.2CH4/c1-6-13(4)14(5)10-8-9-12(3)11-15(16)17-7-2;1-5-12(3)13(4)8-6-7-11(2)9-10-14;;/h8,10-11,13-14H,6-7,9H2,1-5H3;6,8-9,12-14H,5,7,10H2,1-4H3;2*1H4/b10-8+,12-11+;8-6+,11-9+;;/t13-,14-;12-,13-;;/m00../s1. The number of carbonyl (C=O) groups is 1. The SMILES string of the molecule is C.C.CCOC(=O)/C=C(\C)C/C=C/[C@H](C)[C@@H](C)CC.CC[C@H](C)[C@@H](C)/C=C/C/C(C)=C/CO. The van der Waals surface area contributed by atoms with E-state index in [4.69, 9.17) is 9.84 Å². The second kappa shape index (κ2) is 25.0. The van der Waals surface area contributed by atoms with Gasteiger partial charge in [-0.25, -0.2) is 4.79 Å². The molecule has 0 fully saturated rings. The van der Waals surface area contributed by atoms with Gasteiger partial charge in [0.1, 0.15) is 0 Å². The van der Waals surface area contributed by atoms with E-state index in [-0.39, 0.29) is 27.4 Å². The van der Waals surface area contributed by atoms with Crippen molar-refractivity contribution in [3.8, 4) is 0 Å². The largest absolute Gasteiger partial charge is 0.463 e. The summed E-state index contributed by atoms with van der Waals surface area (Å²) in [6.45, 7) is 19.9. The van der Waals surface area contributed by atoms with Crippen molar-refractivity contribution in [3.63, 3.8) is 0 Å². The summed E-state index contributed by atoms with van der Waals surface area (Å²) in [7, 11) is 0. The summed E-state index contributed by atoms with van der Waals surface area (Å²) >= 11 is 0. The van der Waals surface area contributed by atoms with Crippen molar-refractivity contribution in [1.29, 1.82) is 0 Å². The Morgan fingerprint density at radius 3 is 1.61 bits per heavy atom. The number of esters is 1. The fraction of sp³-hybridized carbons (Fsp3) is 0.700. The molecule has 0 spiro atoms. The van der Waals surface area contributed by atoms with Crippen LogP contribution >= 0.6 is 0 Å². The molecule has 0 aromatic carbocycles. The average molecular weight is 467 g/mol. The quantitative estimate of drug-likeness (QED) is 0.167. The molecule has 0 saturated heterocycles. The number of hydrogen-bond donors (Lipinski definition) is 1. The highest BCUT2D eigenvalue weighted by Crippen LogP contribution is 2.17. The summed E-state index contributed by atoms with van der Waals surface area (Å²) in [5.74, 6) is 2.47. The normalized spacial score (nSPS) is 15.6. The molecule has 0 bridgehead atoms. The zero-order valence-corrected chi connectivity index (χ0v) is 21.8. The second-order valence-electron chi connectivity index (χ2n) is 8.73. The third-order valence-electron chi connectivity index (χ3n) is 5.93. The number of aliphatic hydroxyl groups excluding tert-OH is 1. The molecule has 3 nitrogen and oxygen atoms in total. The van der Waals surface area contributed by atoms with Crippen molar-refractivity contribution in [2.24, 2.45) is 23.7 Å². The summed E-state index contributed by atoms with van der Waals surface area (Å²) in [6.07, 6.45) is 16.5. The van der Waals surface area contributed by atoms with Gasteiger partial charge >= 0.3 is 5.97 Å². The molecule has 196 valence electrons. The highest BCUT2D eigenvalue weighted by molar-refractivity contribution is 5.82. The summed E-state index contributed by atoms with van der Waals surface area (Å²) in [5.41, 5.74) is 2.27. The van der Waals surface area contributed by atoms with Crippen LogP contribution in [-0.2, 0) is 9.53 Å². The molecule has 0 saturated carbocycles. The van der Waals surface area contributed by atoms with Gasteiger partial charge in [0.2, 0.25) is 0 Å². The van der Waals surface area contributed by atoms with E-state index in [9.17, 15) is 4.79 Å². The molecule has 0 aromatic rings. The fourth-order valence-corrected chi connectivity index (χ4v) is 2.74. The maximum Gasteiger partial charge on any atom is 0.330 e. The number of ether oxygens (including phenoxy) is 1. The van der Waals surface area contributed by atoms with Gasteiger partial charge < -0.3 is 9.84 Å². The van der Waals surface area contributed by atoms with Crippen LogP contribution < -0.4 is 0 Å². The van der Waals surface area contributed by atoms with E-state index in [0.717, 1.165) is 24.3 Å². The van der Waals surface area contributed by atoms with Gasteiger partial charge in [0, 0.05) is 6.08 Å². The maximum atomic E-state index is 11.2. The first-order valence-electron chi connectivity index (χ1n) is 12.1. The maximum absolute atomic E-state index is 11.2. The lowest BCUT2D eigenvalue weighted by Gasteiger charge is -2.13. The summed E-state index contributed by atoms with van der Waals surface area (Å²) < 4.78 is 4.86. The van der Waals surface area contributed by atoms with Crippen molar-refractivity contribution in [3.05, 3.63) is 47.6 Å². The number of hydrogen-bond acceptors (Lipinski definition) is 3. The molecular weight excluding hydrogens is 408 g/mol. The fourth-order valence-electron chi connectivity index (χ4n) is 2.74. The molecule has 0 unspecified atom stereocenters. The van der Waals surface area contributed by atoms with Gasteiger partial charge in [-0.2, -0.15) is 0 Å². The second-order valence-corrected chi connectivity index (χ2v) is 8.73. The minimum Gasteiger partial charge on any atom is -0.463 e. The molecule has 0 aliphatic carbocycles. The van der Waals surface area contributed by atoms with Gasteiger partial charge in [0.15, 0.2) is 0 Å². The van der Waals surface area contributed by atoms with Gasteiger partial charge in [-0.15, -0.1) is 0 Å². The Morgan fingerprint density at radius 2 is 1.24 bits per heavy atom. The van der Waals surface area contributed by atoms with Crippen LogP contribution in [0, 0.1) is 23.7 Å². The van der Waals surface area contributed by atoms with Crippen LogP contribution in [0.15, 0.2) is 47.6 Å². The van der Waals surface area contributed by atoms with Crippen molar-refractivity contribution < 1.29 is 14.6 Å². The molecule has 0 aliphatic rings. The minimum atomic E-state index is -0.242. The summed E-state index contributed by atoms with van der Waals surface area (Å²) in [5, 5.41) is 8.67. The lowest BCUT2D eigenvalue weighted by Crippen LogP contribution is -2.03. The first-order valence-corrected chi connectivity index (χ1v) is 12.1. The highest BCUT2D eigenvalue weighted by Gasteiger charge is 2.06. The summed E-state index contributed by atoms with van der Waals surface area (Å²) in [4.78, 5) is 11.2. The van der Waals surface area contributed by atoms with Crippen LogP contribution in [0.25, 0.3) is 0 Å². The van der Waals surface area contributed by atoms with E-state index < -0.39 is 0 Å². The van der Waals surface area contributed by atoms with E-state index in [1.54, 1.807) is 6.08 Å². The van der Waals surface area contributed by atoms with Crippen LogP contribution in [0.2, 0.25) is 0 Å². The van der Waals surface area contributed by atoms with Gasteiger partial charge in [-0.1, -0.05) is 111 Å². The molecule has 0 aromatic heterocycles. The number of carbonyl (C=O) groups excluding carboxylic acids is 1. The van der Waals surface area contributed by atoms with E-state index in [1.807, 2.05) is 19.9 Å². The van der Waals surface area contributed by atoms with E-state index in [2.05, 4.69) is 72.8 Å². The molecule has 0 amide bonds. The van der Waals surface area contributed by atoms with Gasteiger partial charge in [0.05, 0.1) is 13.2 Å². The highest BCUT2D eigenvalue weighted by atomic mass is 16.5. The molecule has 0 heterocycles. The topological polar surface area (TPSA) is 46.5 Å². The Kier molecular flexibility index (Phi) is 29.3. The number of allylic oxidation sites excluding steroid dienone is 6. The predicted octanol–water partition coefficient (Wildman–Crippen LogP) is 8.95. The van der Waals surface area contributed by atoms with Crippen molar-refractivity contribution in [2.75, 3.05) is 13.2 Å².